The lowest BCUT2D eigenvalue weighted by Crippen LogP contribution is -1.88. The zero-order valence-corrected chi connectivity index (χ0v) is 13.8. The predicted octanol–water partition coefficient (Wildman–Crippen LogP) is 4.87. The first-order chi connectivity index (χ1) is 12.3. The molecular formula is C19H12N4OS. The fourth-order valence-corrected chi connectivity index (χ4v) is 3.25. The van der Waals surface area contributed by atoms with Crippen molar-refractivity contribution in [2.45, 2.75) is 0 Å². The van der Waals surface area contributed by atoms with Crippen LogP contribution in [0.2, 0.25) is 0 Å². The van der Waals surface area contributed by atoms with Gasteiger partial charge in [-0.15, -0.1) is 0 Å². The molecule has 5 nitrogen and oxygen atoms in total. The van der Waals surface area contributed by atoms with Crippen LogP contribution in [-0.4, -0.2) is 11.2 Å². The first-order valence-corrected chi connectivity index (χ1v) is 8.39. The molecule has 4 rings (SSSR count). The first kappa shape index (κ1) is 15.1. The molecule has 0 saturated heterocycles. The number of para-hydroxylation sites is 1. The molecule has 2 aromatic carbocycles. The maximum absolute atomic E-state index is 9.18. The molecule has 0 bridgehead atoms. The monoisotopic (exact) mass is 344 g/mol. The average Bonchev–Trinajstić information content (AvgIpc) is 3.28. The third kappa shape index (κ3) is 3.13. The summed E-state index contributed by atoms with van der Waals surface area (Å²) in [6.07, 6.45) is 1.59. The van der Waals surface area contributed by atoms with Crippen LogP contribution in [0, 0.1) is 11.3 Å². The molecule has 0 unspecified atom stereocenters. The largest absolute Gasteiger partial charge is 0.455 e. The van der Waals surface area contributed by atoms with Gasteiger partial charge < -0.3 is 4.42 Å². The average molecular weight is 344 g/mol. The van der Waals surface area contributed by atoms with E-state index >= 15 is 0 Å². The second-order valence-electron chi connectivity index (χ2n) is 5.22. The normalized spacial score (nSPS) is 11.0. The van der Waals surface area contributed by atoms with Crippen LogP contribution in [0.3, 0.4) is 0 Å². The van der Waals surface area contributed by atoms with Crippen molar-refractivity contribution in [3.63, 3.8) is 0 Å². The summed E-state index contributed by atoms with van der Waals surface area (Å²) in [6.45, 7) is 0. The minimum absolute atomic E-state index is 0.577. The molecule has 2 aromatic heterocycles. The van der Waals surface area contributed by atoms with Gasteiger partial charge in [0, 0.05) is 5.56 Å². The number of hydrogen-bond donors (Lipinski definition) is 1. The smallest absolute Gasteiger partial charge is 0.204 e. The van der Waals surface area contributed by atoms with Gasteiger partial charge in [-0.2, -0.15) is 10.4 Å². The Bertz CT molecular complexity index is 1070. The molecule has 6 heteroatoms. The minimum atomic E-state index is 0.577. The molecule has 1 N–H and O–H groups in total. The SMILES string of the molecule is N#Cc1ccccc1-c1ccc(C=NNc2nc3ccccc3s2)o1. The molecule has 120 valence electrons. The molecule has 2 heterocycles. The molecule has 0 aliphatic rings. The third-order valence-corrected chi connectivity index (χ3v) is 4.53. The molecule has 0 saturated carbocycles. The number of rotatable bonds is 4. The maximum atomic E-state index is 9.18. The van der Waals surface area contributed by atoms with Gasteiger partial charge in [0.25, 0.3) is 0 Å². The molecule has 25 heavy (non-hydrogen) atoms. The lowest BCUT2D eigenvalue weighted by Gasteiger charge is -1.98. The molecular weight excluding hydrogens is 332 g/mol. The van der Waals surface area contributed by atoms with Crippen molar-refractivity contribution in [1.82, 2.24) is 4.98 Å². The number of nitrogens with zero attached hydrogens (tertiary/aromatic N) is 3. The van der Waals surface area contributed by atoms with Gasteiger partial charge in [-0.1, -0.05) is 35.6 Å². The van der Waals surface area contributed by atoms with E-state index < -0.39 is 0 Å². The van der Waals surface area contributed by atoms with Gasteiger partial charge in [0.15, 0.2) is 0 Å². The highest BCUT2D eigenvalue weighted by atomic mass is 32.1. The van der Waals surface area contributed by atoms with Gasteiger partial charge >= 0.3 is 0 Å². The summed E-state index contributed by atoms with van der Waals surface area (Å²) < 4.78 is 6.86. The van der Waals surface area contributed by atoms with E-state index in [0.717, 1.165) is 20.9 Å². The van der Waals surface area contributed by atoms with Crippen molar-refractivity contribution < 1.29 is 4.42 Å². The van der Waals surface area contributed by atoms with Crippen LogP contribution < -0.4 is 5.43 Å². The Balaban J connectivity index is 1.51. The number of hydrogen-bond acceptors (Lipinski definition) is 6. The van der Waals surface area contributed by atoms with E-state index in [1.807, 2.05) is 54.6 Å². The predicted molar refractivity (Wildman–Crippen MR) is 99.7 cm³/mol. The fraction of sp³-hybridized carbons (Fsp3) is 0. The van der Waals surface area contributed by atoms with E-state index in [0.29, 0.717) is 17.1 Å². The molecule has 4 aromatic rings. The van der Waals surface area contributed by atoms with Crippen molar-refractivity contribution >= 4 is 32.9 Å². The molecule has 0 spiro atoms. The first-order valence-electron chi connectivity index (χ1n) is 7.57. The molecule has 0 aliphatic heterocycles. The Labute approximate surface area is 147 Å². The number of hydrazone groups is 1. The molecule has 0 amide bonds. The van der Waals surface area contributed by atoms with Crippen molar-refractivity contribution in [1.29, 1.82) is 5.26 Å². The summed E-state index contributed by atoms with van der Waals surface area (Å²) in [5.41, 5.74) is 5.21. The van der Waals surface area contributed by atoms with Crippen molar-refractivity contribution in [2.75, 3.05) is 5.43 Å². The van der Waals surface area contributed by atoms with E-state index in [1.165, 1.54) is 11.3 Å². The second-order valence-corrected chi connectivity index (χ2v) is 6.25. The Morgan fingerprint density at radius 3 is 2.80 bits per heavy atom. The van der Waals surface area contributed by atoms with E-state index in [1.54, 1.807) is 12.3 Å². The second kappa shape index (κ2) is 6.59. The summed E-state index contributed by atoms with van der Waals surface area (Å²) in [7, 11) is 0. The van der Waals surface area contributed by atoms with Crippen LogP contribution >= 0.6 is 11.3 Å². The zero-order valence-electron chi connectivity index (χ0n) is 13.0. The lowest BCUT2D eigenvalue weighted by atomic mass is 10.1. The van der Waals surface area contributed by atoms with Crippen molar-refractivity contribution in [3.8, 4) is 17.4 Å². The number of benzene rings is 2. The zero-order chi connectivity index (χ0) is 17.1. The number of fused-ring (bicyclic) bond motifs is 1. The van der Waals surface area contributed by atoms with Crippen molar-refractivity contribution in [2.24, 2.45) is 5.10 Å². The molecule has 0 aliphatic carbocycles. The third-order valence-electron chi connectivity index (χ3n) is 3.59. The van der Waals surface area contributed by atoms with Gasteiger partial charge in [-0.3, -0.25) is 5.43 Å². The highest BCUT2D eigenvalue weighted by Gasteiger charge is 2.08. The van der Waals surface area contributed by atoms with Gasteiger partial charge in [-0.05, 0) is 36.4 Å². The van der Waals surface area contributed by atoms with Crippen LogP contribution in [0.15, 0.2) is 70.2 Å². The number of aromatic nitrogens is 1. The van der Waals surface area contributed by atoms with E-state index in [2.05, 4.69) is 21.6 Å². The lowest BCUT2D eigenvalue weighted by molar-refractivity contribution is 0.575. The summed E-state index contributed by atoms with van der Waals surface area (Å²) in [6, 6.07) is 21.1. The van der Waals surface area contributed by atoms with Crippen LogP contribution in [0.1, 0.15) is 11.3 Å². The molecule has 0 radical (unpaired) electrons. The maximum Gasteiger partial charge on any atom is 0.204 e. The topological polar surface area (TPSA) is 74.2 Å². The number of thiazole rings is 1. The number of nitriles is 1. The van der Waals surface area contributed by atoms with Gasteiger partial charge in [0.2, 0.25) is 5.13 Å². The summed E-state index contributed by atoms with van der Waals surface area (Å²) in [5.74, 6) is 1.23. The van der Waals surface area contributed by atoms with Gasteiger partial charge in [-0.25, -0.2) is 4.98 Å². The Hall–Kier alpha value is -3.43. The Kier molecular flexibility index (Phi) is 3.99. The molecule has 0 atom stereocenters. The minimum Gasteiger partial charge on any atom is -0.455 e. The van der Waals surface area contributed by atoms with Crippen molar-refractivity contribution in [3.05, 3.63) is 72.0 Å². The number of nitrogens with one attached hydrogen (secondary N) is 1. The van der Waals surface area contributed by atoms with Crippen LogP contribution in [-0.2, 0) is 0 Å². The van der Waals surface area contributed by atoms with Crippen LogP contribution in [0.5, 0.6) is 0 Å². The fourth-order valence-electron chi connectivity index (χ4n) is 2.43. The standard InChI is InChI=1S/C19H12N4OS/c20-11-13-5-1-2-6-15(13)17-10-9-14(24-17)12-21-23-19-22-16-7-3-4-8-18(16)25-19/h1-10,12H,(H,22,23). The summed E-state index contributed by atoms with van der Waals surface area (Å²) in [5, 5.41) is 14.1. The number of anilines is 1. The van der Waals surface area contributed by atoms with Gasteiger partial charge in [0.1, 0.15) is 11.5 Å². The Morgan fingerprint density at radius 1 is 1.08 bits per heavy atom. The summed E-state index contributed by atoms with van der Waals surface area (Å²) >= 11 is 1.54. The van der Waals surface area contributed by atoms with Crippen LogP contribution in [0.25, 0.3) is 21.5 Å². The van der Waals surface area contributed by atoms with Gasteiger partial charge in [0.05, 0.1) is 28.1 Å². The molecule has 0 fully saturated rings. The van der Waals surface area contributed by atoms with E-state index in [4.69, 9.17) is 4.42 Å². The highest BCUT2D eigenvalue weighted by Crippen LogP contribution is 2.26. The quantitative estimate of drug-likeness (QED) is 0.423. The Morgan fingerprint density at radius 2 is 1.92 bits per heavy atom. The highest BCUT2D eigenvalue weighted by molar-refractivity contribution is 7.22. The van der Waals surface area contributed by atoms with Crippen LogP contribution in [0.4, 0.5) is 5.13 Å². The van der Waals surface area contributed by atoms with E-state index in [9.17, 15) is 5.26 Å². The van der Waals surface area contributed by atoms with E-state index in [-0.39, 0.29) is 0 Å². The summed E-state index contributed by atoms with van der Waals surface area (Å²) in [4.78, 5) is 4.45. The number of furan rings is 1.